The molecule has 162 valence electrons. The average Bonchev–Trinajstić information content (AvgIpc) is 3.12. The zero-order valence-corrected chi connectivity index (χ0v) is 18.0. The lowest BCUT2D eigenvalue weighted by Crippen LogP contribution is -2.48. The minimum atomic E-state index is -0.250. The van der Waals surface area contributed by atoms with Crippen LogP contribution in [0.2, 0.25) is 0 Å². The minimum Gasteiger partial charge on any atom is -0.445 e. The summed E-state index contributed by atoms with van der Waals surface area (Å²) in [5.74, 6) is 0.159. The average molecular weight is 426 g/mol. The van der Waals surface area contributed by atoms with Crippen LogP contribution in [0.15, 0.2) is 84.9 Å². The molecule has 0 aliphatic carbocycles. The number of amides is 1. The van der Waals surface area contributed by atoms with Crippen LogP contribution in [0.25, 0.3) is 11.1 Å². The van der Waals surface area contributed by atoms with Crippen molar-refractivity contribution < 1.29 is 14.3 Å². The maximum absolute atomic E-state index is 13.2. The molecule has 2 aliphatic rings. The van der Waals surface area contributed by atoms with Gasteiger partial charge in [-0.25, -0.2) is 4.79 Å². The first-order valence-corrected chi connectivity index (χ1v) is 11.4. The highest BCUT2D eigenvalue weighted by atomic mass is 16.6. The van der Waals surface area contributed by atoms with Crippen molar-refractivity contribution in [2.75, 3.05) is 0 Å². The zero-order chi connectivity index (χ0) is 21.9. The Hall–Kier alpha value is -3.40. The third-order valence-corrected chi connectivity index (χ3v) is 6.80. The van der Waals surface area contributed by atoms with Gasteiger partial charge in [0, 0.05) is 23.6 Å². The van der Waals surface area contributed by atoms with Gasteiger partial charge in [0.2, 0.25) is 0 Å². The predicted octanol–water partition coefficient (Wildman–Crippen LogP) is 6.12. The summed E-state index contributed by atoms with van der Waals surface area (Å²) in [6.07, 6.45) is 3.08. The van der Waals surface area contributed by atoms with Crippen LogP contribution < -0.4 is 0 Å². The molecule has 0 radical (unpaired) electrons. The van der Waals surface area contributed by atoms with Crippen molar-refractivity contribution in [1.82, 2.24) is 4.90 Å². The van der Waals surface area contributed by atoms with E-state index in [4.69, 9.17) is 4.74 Å². The van der Waals surface area contributed by atoms with E-state index >= 15 is 0 Å². The topological polar surface area (TPSA) is 46.6 Å². The number of hydrogen-bond acceptors (Lipinski definition) is 3. The first-order valence-electron chi connectivity index (χ1n) is 11.4. The first kappa shape index (κ1) is 20.5. The van der Waals surface area contributed by atoms with Gasteiger partial charge in [-0.2, -0.15) is 0 Å². The number of hydrogen-bond donors (Lipinski definition) is 0. The van der Waals surface area contributed by atoms with Crippen molar-refractivity contribution >= 4 is 11.9 Å². The van der Waals surface area contributed by atoms with Crippen LogP contribution >= 0.6 is 0 Å². The number of carbonyl (C=O) groups is 2. The Kier molecular flexibility index (Phi) is 5.76. The largest absolute Gasteiger partial charge is 0.445 e. The highest BCUT2D eigenvalue weighted by Crippen LogP contribution is 2.40. The predicted molar refractivity (Wildman–Crippen MR) is 124 cm³/mol. The lowest BCUT2D eigenvalue weighted by Gasteiger charge is -2.37. The zero-order valence-electron chi connectivity index (χ0n) is 18.0. The van der Waals surface area contributed by atoms with Crippen molar-refractivity contribution in [2.45, 2.75) is 44.4 Å². The van der Waals surface area contributed by atoms with Crippen molar-refractivity contribution in [2.24, 2.45) is 5.92 Å². The fraction of sp³-hybridized carbons (Fsp3) is 0.286. The first-order chi connectivity index (χ1) is 15.7. The second-order valence-corrected chi connectivity index (χ2v) is 8.81. The van der Waals surface area contributed by atoms with Crippen molar-refractivity contribution in [3.8, 4) is 11.1 Å². The molecule has 2 atom stereocenters. The van der Waals surface area contributed by atoms with Crippen molar-refractivity contribution in [3.63, 3.8) is 0 Å². The fourth-order valence-corrected chi connectivity index (χ4v) is 5.18. The van der Waals surface area contributed by atoms with Crippen molar-refractivity contribution in [3.05, 3.63) is 96.1 Å². The standard InChI is InChI=1S/C28H27NO3/c30-27(23-13-11-22(12-14-23)21-9-5-2-6-10-21)24-17-25-15-16-26(18-24)29(25)28(31)32-19-20-7-3-1-4-8-20/h1-14,24-26H,15-19H2. The van der Waals surface area contributed by atoms with E-state index in [-0.39, 0.29) is 36.5 Å². The third kappa shape index (κ3) is 4.18. The van der Waals surface area contributed by atoms with Gasteiger partial charge in [0.05, 0.1) is 0 Å². The molecule has 2 unspecified atom stereocenters. The van der Waals surface area contributed by atoms with Crippen LogP contribution in [0.4, 0.5) is 4.79 Å². The molecular weight excluding hydrogens is 398 g/mol. The molecule has 0 spiro atoms. The molecule has 2 heterocycles. The number of carbonyl (C=O) groups excluding carboxylic acids is 2. The second kappa shape index (κ2) is 8.99. The van der Waals surface area contributed by atoms with E-state index in [9.17, 15) is 9.59 Å². The van der Waals surface area contributed by atoms with E-state index in [0.717, 1.165) is 47.9 Å². The number of ketones is 1. The number of benzene rings is 3. The Morgan fingerprint density at radius 1 is 0.750 bits per heavy atom. The molecule has 1 amide bonds. The van der Waals surface area contributed by atoms with Crippen LogP contribution in [0.3, 0.4) is 0 Å². The van der Waals surface area contributed by atoms with Gasteiger partial charge in [-0.05, 0) is 42.4 Å². The van der Waals surface area contributed by atoms with Gasteiger partial charge in [0.15, 0.2) is 5.78 Å². The molecule has 2 saturated heterocycles. The Labute approximate surface area is 188 Å². The quantitative estimate of drug-likeness (QED) is 0.463. The molecular formula is C28H27NO3. The molecule has 0 aromatic heterocycles. The number of nitrogens with zero attached hydrogens (tertiary/aromatic N) is 1. The number of ether oxygens (including phenoxy) is 1. The summed E-state index contributed by atoms with van der Waals surface area (Å²) in [5, 5.41) is 0. The third-order valence-electron chi connectivity index (χ3n) is 6.80. The molecule has 4 heteroatoms. The molecule has 2 aliphatic heterocycles. The molecule has 4 nitrogen and oxygen atoms in total. The fourth-order valence-electron chi connectivity index (χ4n) is 5.18. The molecule has 2 bridgehead atoms. The number of Topliss-reactive ketones (excluding diaryl/α,β-unsaturated/α-hetero) is 1. The van der Waals surface area contributed by atoms with Gasteiger partial charge in [-0.15, -0.1) is 0 Å². The minimum absolute atomic E-state index is 0.0340. The summed E-state index contributed by atoms with van der Waals surface area (Å²) < 4.78 is 5.59. The van der Waals surface area contributed by atoms with Gasteiger partial charge < -0.3 is 9.64 Å². The molecule has 0 saturated carbocycles. The lowest BCUT2D eigenvalue weighted by molar-refractivity contribution is 0.0485. The van der Waals surface area contributed by atoms with E-state index in [1.54, 1.807) is 0 Å². The monoisotopic (exact) mass is 425 g/mol. The van der Waals surface area contributed by atoms with Gasteiger partial charge in [0.25, 0.3) is 0 Å². The maximum atomic E-state index is 13.2. The van der Waals surface area contributed by atoms with E-state index in [0.29, 0.717) is 0 Å². The Bertz CT molecular complexity index is 1060. The van der Waals surface area contributed by atoms with E-state index in [1.165, 1.54) is 0 Å². The number of rotatable bonds is 5. The van der Waals surface area contributed by atoms with E-state index < -0.39 is 0 Å². The van der Waals surface area contributed by atoms with Crippen LogP contribution in [0, 0.1) is 5.92 Å². The van der Waals surface area contributed by atoms with Gasteiger partial charge in [-0.3, -0.25) is 4.79 Å². The molecule has 5 rings (SSSR count). The SMILES string of the molecule is O=C(c1ccc(-c2ccccc2)cc1)C1CC2CCC(C1)N2C(=O)OCc1ccccc1. The smallest absolute Gasteiger partial charge is 0.410 e. The summed E-state index contributed by atoms with van der Waals surface area (Å²) in [7, 11) is 0. The summed E-state index contributed by atoms with van der Waals surface area (Å²) in [4.78, 5) is 27.9. The second-order valence-electron chi connectivity index (χ2n) is 8.81. The molecule has 32 heavy (non-hydrogen) atoms. The number of piperidine rings is 1. The summed E-state index contributed by atoms with van der Waals surface area (Å²) in [6, 6.07) is 28.0. The maximum Gasteiger partial charge on any atom is 0.410 e. The lowest BCUT2D eigenvalue weighted by atomic mass is 9.84. The van der Waals surface area contributed by atoms with Crippen LogP contribution in [-0.2, 0) is 11.3 Å². The van der Waals surface area contributed by atoms with Gasteiger partial charge in [0.1, 0.15) is 6.61 Å². The molecule has 0 N–H and O–H groups in total. The number of fused-ring (bicyclic) bond motifs is 2. The van der Waals surface area contributed by atoms with Gasteiger partial charge >= 0.3 is 6.09 Å². The van der Waals surface area contributed by atoms with Gasteiger partial charge in [-0.1, -0.05) is 84.9 Å². The Morgan fingerprint density at radius 2 is 1.31 bits per heavy atom. The molecule has 3 aromatic rings. The van der Waals surface area contributed by atoms with Crippen LogP contribution in [-0.4, -0.2) is 28.9 Å². The normalized spacial score (nSPS) is 21.9. The summed E-state index contributed by atoms with van der Waals surface area (Å²) >= 11 is 0. The van der Waals surface area contributed by atoms with Crippen LogP contribution in [0.1, 0.15) is 41.6 Å². The summed E-state index contributed by atoms with van der Waals surface area (Å²) in [6.45, 7) is 0.283. The molecule has 3 aromatic carbocycles. The van der Waals surface area contributed by atoms with E-state index in [1.807, 2.05) is 77.7 Å². The van der Waals surface area contributed by atoms with Crippen molar-refractivity contribution in [1.29, 1.82) is 0 Å². The Morgan fingerprint density at radius 3 is 1.94 bits per heavy atom. The molecule has 2 fully saturated rings. The van der Waals surface area contributed by atoms with E-state index in [2.05, 4.69) is 12.1 Å². The highest BCUT2D eigenvalue weighted by molar-refractivity contribution is 5.98. The summed E-state index contributed by atoms with van der Waals surface area (Å²) in [5.41, 5.74) is 4.00. The van der Waals surface area contributed by atoms with Crippen LogP contribution in [0.5, 0.6) is 0 Å². The Balaban J connectivity index is 1.22. The highest BCUT2D eigenvalue weighted by Gasteiger charge is 2.45.